The van der Waals surface area contributed by atoms with E-state index < -0.39 is 0 Å². The van der Waals surface area contributed by atoms with Gasteiger partial charge in [0.1, 0.15) is 16.9 Å². The highest BCUT2D eigenvalue weighted by molar-refractivity contribution is 7.18. The van der Waals surface area contributed by atoms with E-state index in [1.54, 1.807) is 24.5 Å². The molecule has 0 unspecified atom stereocenters. The molecule has 1 aliphatic carbocycles. The molecular formula is C17H11FN4S. The van der Waals surface area contributed by atoms with Crippen molar-refractivity contribution in [2.45, 2.75) is 18.8 Å². The van der Waals surface area contributed by atoms with Crippen molar-refractivity contribution in [1.82, 2.24) is 15.0 Å². The molecule has 112 valence electrons. The van der Waals surface area contributed by atoms with Crippen LogP contribution in [0.4, 0.5) is 4.39 Å². The molecule has 6 heteroatoms. The van der Waals surface area contributed by atoms with Crippen LogP contribution in [0.3, 0.4) is 0 Å². The van der Waals surface area contributed by atoms with Crippen LogP contribution >= 0.6 is 11.3 Å². The molecule has 0 bridgehead atoms. The summed E-state index contributed by atoms with van der Waals surface area (Å²) in [5, 5.41) is 10.0. The van der Waals surface area contributed by atoms with E-state index in [9.17, 15) is 9.65 Å². The maximum atomic E-state index is 13.4. The highest BCUT2D eigenvalue weighted by atomic mass is 32.1. The van der Waals surface area contributed by atoms with Crippen LogP contribution in [-0.4, -0.2) is 15.0 Å². The Labute approximate surface area is 136 Å². The first-order valence-electron chi connectivity index (χ1n) is 7.23. The van der Waals surface area contributed by atoms with Crippen molar-refractivity contribution in [3.63, 3.8) is 0 Å². The lowest BCUT2D eigenvalue weighted by Gasteiger charge is -2.01. The average molecular weight is 322 g/mol. The molecule has 0 aromatic carbocycles. The lowest BCUT2D eigenvalue weighted by Crippen LogP contribution is -1.90. The van der Waals surface area contributed by atoms with E-state index in [0.717, 1.165) is 23.4 Å². The lowest BCUT2D eigenvalue weighted by molar-refractivity contribution is 0.622. The molecule has 0 N–H and O–H groups in total. The van der Waals surface area contributed by atoms with Gasteiger partial charge in [0.25, 0.3) is 0 Å². The van der Waals surface area contributed by atoms with Gasteiger partial charge in [0.05, 0.1) is 28.0 Å². The summed E-state index contributed by atoms with van der Waals surface area (Å²) in [5.74, 6) is 0.0211. The maximum absolute atomic E-state index is 13.4. The van der Waals surface area contributed by atoms with Gasteiger partial charge in [-0.15, -0.1) is 11.3 Å². The largest absolute Gasteiger partial charge is 0.261 e. The predicted molar refractivity (Wildman–Crippen MR) is 85.2 cm³/mol. The van der Waals surface area contributed by atoms with Gasteiger partial charge < -0.3 is 0 Å². The Kier molecular flexibility index (Phi) is 3.36. The minimum Gasteiger partial charge on any atom is -0.261 e. The zero-order valence-corrected chi connectivity index (χ0v) is 12.8. The molecule has 1 saturated carbocycles. The number of hydrogen-bond acceptors (Lipinski definition) is 5. The molecular weight excluding hydrogens is 311 g/mol. The number of pyridine rings is 2. The summed E-state index contributed by atoms with van der Waals surface area (Å²) in [6, 6.07) is 7.11. The minimum atomic E-state index is -0.386. The number of hydrogen-bond donors (Lipinski definition) is 0. The molecule has 3 aromatic heterocycles. The first-order chi connectivity index (χ1) is 11.3. The first kappa shape index (κ1) is 14.0. The molecule has 0 atom stereocenters. The first-order valence-corrected chi connectivity index (χ1v) is 8.05. The number of halogens is 1. The Morgan fingerprint density at radius 3 is 2.91 bits per heavy atom. The number of thiazole rings is 1. The molecule has 23 heavy (non-hydrogen) atoms. The second-order valence-corrected chi connectivity index (χ2v) is 6.41. The summed E-state index contributed by atoms with van der Waals surface area (Å²) in [7, 11) is 0. The number of nitrogens with zero attached hydrogens (tertiary/aromatic N) is 4. The third-order valence-electron chi connectivity index (χ3n) is 3.71. The van der Waals surface area contributed by atoms with Crippen LogP contribution in [0.5, 0.6) is 0 Å². The van der Waals surface area contributed by atoms with Gasteiger partial charge in [-0.3, -0.25) is 9.97 Å². The topological polar surface area (TPSA) is 62.5 Å². The summed E-state index contributed by atoms with van der Waals surface area (Å²) >= 11 is 1.44. The van der Waals surface area contributed by atoms with Crippen molar-refractivity contribution in [3.05, 3.63) is 53.9 Å². The normalized spacial score (nSPS) is 13.7. The van der Waals surface area contributed by atoms with Crippen LogP contribution in [-0.2, 0) is 0 Å². The fourth-order valence-electron chi connectivity index (χ4n) is 2.46. The predicted octanol–water partition coefficient (Wildman–Crippen LogP) is 4.16. The standard InChI is InChI=1S/C17H11FN4S/c18-13-6-12(8-20-9-13)17-22-15(10-3-4-10)16(23-17)14-11(7-19)2-1-5-21-14/h1-2,5-6,8-10H,3-4H2. The third-order valence-corrected chi connectivity index (χ3v) is 4.84. The molecule has 3 heterocycles. The molecule has 0 saturated heterocycles. The summed E-state index contributed by atoms with van der Waals surface area (Å²) < 4.78 is 13.4. The van der Waals surface area contributed by atoms with E-state index in [1.807, 2.05) is 0 Å². The van der Waals surface area contributed by atoms with E-state index in [2.05, 4.69) is 16.0 Å². The maximum Gasteiger partial charge on any atom is 0.142 e. The lowest BCUT2D eigenvalue weighted by atomic mass is 10.1. The molecule has 4 nitrogen and oxygen atoms in total. The Morgan fingerprint density at radius 1 is 1.30 bits per heavy atom. The van der Waals surface area contributed by atoms with Crippen molar-refractivity contribution in [2.75, 3.05) is 0 Å². The van der Waals surface area contributed by atoms with Crippen LogP contribution in [0.1, 0.15) is 30.0 Å². The highest BCUT2D eigenvalue weighted by Crippen LogP contribution is 2.47. The van der Waals surface area contributed by atoms with Crippen LogP contribution in [0, 0.1) is 17.1 Å². The van der Waals surface area contributed by atoms with Crippen LogP contribution in [0.2, 0.25) is 0 Å². The van der Waals surface area contributed by atoms with Crippen LogP contribution in [0.15, 0.2) is 36.8 Å². The van der Waals surface area contributed by atoms with Gasteiger partial charge in [-0.1, -0.05) is 0 Å². The Hall–Kier alpha value is -2.65. The molecule has 3 aromatic rings. The molecule has 4 rings (SSSR count). The van der Waals surface area contributed by atoms with Gasteiger partial charge in [0, 0.05) is 23.9 Å². The highest BCUT2D eigenvalue weighted by Gasteiger charge is 2.31. The fraction of sp³-hybridized carbons (Fsp3) is 0.176. The van der Waals surface area contributed by atoms with E-state index in [0.29, 0.717) is 27.7 Å². The van der Waals surface area contributed by atoms with Crippen LogP contribution < -0.4 is 0 Å². The molecule has 0 spiro atoms. The minimum absolute atomic E-state index is 0.386. The van der Waals surface area contributed by atoms with Crippen molar-refractivity contribution in [1.29, 1.82) is 5.26 Å². The van der Waals surface area contributed by atoms with Crippen molar-refractivity contribution >= 4 is 11.3 Å². The molecule has 0 radical (unpaired) electrons. The van der Waals surface area contributed by atoms with Gasteiger partial charge in [0.2, 0.25) is 0 Å². The Morgan fingerprint density at radius 2 is 2.17 bits per heavy atom. The average Bonchev–Trinajstić information content (AvgIpc) is 3.33. The van der Waals surface area contributed by atoms with E-state index in [-0.39, 0.29) is 5.82 Å². The van der Waals surface area contributed by atoms with Crippen molar-refractivity contribution < 1.29 is 4.39 Å². The Bertz CT molecular complexity index is 924. The number of nitriles is 1. The molecule has 0 aliphatic heterocycles. The molecule has 1 fully saturated rings. The number of rotatable bonds is 3. The smallest absolute Gasteiger partial charge is 0.142 e. The van der Waals surface area contributed by atoms with Gasteiger partial charge in [-0.2, -0.15) is 5.26 Å². The monoisotopic (exact) mass is 322 g/mol. The van der Waals surface area contributed by atoms with Gasteiger partial charge in [-0.25, -0.2) is 9.37 Å². The van der Waals surface area contributed by atoms with Gasteiger partial charge in [0.15, 0.2) is 0 Å². The van der Waals surface area contributed by atoms with Crippen LogP contribution in [0.25, 0.3) is 21.1 Å². The summed E-state index contributed by atoms with van der Waals surface area (Å²) in [5.41, 5.74) is 2.80. The SMILES string of the molecule is N#Cc1cccnc1-c1sc(-c2cncc(F)c2)nc1C1CC1. The molecule has 1 aliphatic rings. The van der Waals surface area contributed by atoms with E-state index >= 15 is 0 Å². The van der Waals surface area contributed by atoms with Gasteiger partial charge >= 0.3 is 0 Å². The second-order valence-electron chi connectivity index (χ2n) is 5.41. The van der Waals surface area contributed by atoms with Crippen molar-refractivity contribution in [3.8, 4) is 27.2 Å². The van der Waals surface area contributed by atoms with Crippen molar-refractivity contribution in [2.24, 2.45) is 0 Å². The summed E-state index contributed by atoms with van der Waals surface area (Å²) in [6.45, 7) is 0. The second kappa shape index (κ2) is 5.52. The third kappa shape index (κ3) is 2.60. The van der Waals surface area contributed by atoms with E-state index in [1.165, 1.54) is 23.6 Å². The van der Waals surface area contributed by atoms with E-state index in [4.69, 9.17) is 4.98 Å². The molecule has 0 amide bonds. The number of aromatic nitrogens is 3. The summed E-state index contributed by atoms with van der Waals surface area (Å²) in [4.78, 5) is 13.9. The summed E-state index contributed by atoms with van der Waals surface area (Å²) in [6.07, 6.45) is 6.63. The zero-order chi connectivity index (χ0) is 15.8. The van der Waals surface area contributed by atoms with Gasteiger partial charge in [-0.05, 0) is 31.0 Å². The zero-order valence-electron chi connectivity index (χ0n) is 12.0. The quantitative estimate of drug-likeness (QED) is 0.726. The fourth-order valence-corrected chi connectivity index (χ4v) is 3.61. The Balaban J connectivity index is 1.88.